The minimum atomic E-state index is -0.307. The summed E-state index contributed by atoms with van der Waals surface area (Å²) in [5.41, 5.74) is 0.937. The summed E-state index contributed by atoms with van der Waals surface area (Å²) < 4.78 is 6.87. The van der Waals surface area contributed by atoms with E-state index in [1.807, 2.05) is 18.2 Å². The Bertz CT molecular complexity index is 981. The number of thiazole rings is 1. The fourth-order valence-corrected chi connectivity index (χ4v) is 4.34. The summed E-state index contributed by atoms with van der Waals surface area (Å²) in [7, 11) is 1.39. The zero-order valence-electron chi connectivity index (χ0n) is 14.5. The Hall–Kier alpha value is -2.46. The molecule has 2 aromatic heterocycles. The van der Waals surface area contributed by atoms with E-state index in [9.17, 15) is 4.79 Å². The Labute approximate surface area is 168 Å². The molecule has 1 aliphatic heterocycles. The number of aromatic nitrogens is 3. The predicted molar refractivity (Wildman–Crippen MR) is 109 cm³/mol. The van der Waals surface area contributed by atoms with Gasteiger partial charge in [0.05, 0.1) is 17.3 Å². The molecule has 10 heteroatoms. The second-order valence-corrected chi connectivity index (χ2v) is 8.01. The summed E-state index contributed by atoms with van der Waals surface area (Å²) in [6, 6.07) is 7.87. The van der Waals surface area contributed by atoms with Crippen molar-refractivity contribution < 1.29 is 9.53 Å². The van der Waals surface area contributed by atoms with Crippen molar-refractivity contribution in [1.29, 1.82) is 0 Å². The standard InChI is InChI=1S/C17H17BrN6O2S/c1-26-17(25)24-7-5-11(9-24)20-15-19-6-4-14(22-15)23-16-21-12-3-2-10(18)8-13(12)27-16/h2-4,6,8,11H,5,7,9H2,1H3,(H2,19,20,21,22,23). The van der Waals surface area contributed by atoms with Crippen LogP contribution in [-0.4, -0.2) is 52.2 Å². The number of fused-ring (bicyclic) bond motifs is 1. The fourth-order valence-electron chi connectivity index (χ4n) is 2.91. The summed E-state index contributed by atoms with van der Waals surface area (Å²) in [6.45, 7) is 1.23. The Kier molecular flexibility index (Phi) is 5.08. The summed E-state index contributed by atoms with van der Waals surface area (Å²) in [5.74, 6) is 1.18. The van der Waals surface area contributed by atoms with E-state index in [0.29, 0.717) is 24.9 Å². The molecule has 0 saturated carbocycles. The quantitative estimate of drug-likeness (QED) is 0.625. The van der Waals surface area contributed by atoms with Crippen molar-refractivity contribution in [2.45, 2.75) is 12.5 Å². The van der Waals surface area contributed by atoms with Gasteiger partial charge < -0.3 is 20.3 Å². The number of nitrogens with one attached hydrogen (secondary N) is 2. The predicted octanol–water partition coefficient (Wildman–Crippen LogP) is 3.85. The smallest absolute Gasteiger partial charge is 0.409 e. The van der Waals surface area contributed by atoms with Gasteiger partial charge in [-0.3, -0.25) is 0 Å². The molecule has 8 nitrogen and oxygen atoms in total. The van der Waals surface area contributed by atoms with Crippen molar-refractivity contribution >= 4 is 60.5 Å². The number of likely N-dealkylation sites (tertiary alicyclic amines) is 1. The first-order valence-electron chi connectivity index (χ1n) is 8.36. The zero-order chi connectivity index (χ0) is 18.8. The van der Waals surface area contributed by atoms with Crippen LogP contribution in [0.25, 0.3) is 10.2 Å². The van der Waals surface area contributed by atoms with Crippen molar-refractivity contribution in [3.8, 4) is 0 Å². The first kappa shape index (κ1) is 17.9. The van der Waals surface area contributed by atoms with Crippen LogP contribution in [0.4, 0.5) is 21.7 Å². The van der Waals surface area contributed by atoms with Crippen molar-refractivity contribution in [1.82, 2.24) is 19.9 Å². The van der Waals surface area contributed by atoms with E-state index in [4.69, 9.17) is 4.74 Å². The molecule has 1 aromatic carbocycles. The van der Waals surface area contributed by atoms with Gasteiger partial charge in [-0.2, -0.15) is 4.98 Å². The van der Waals surface area contributed by atoms with Crippen LogP contribution in [0.15, 0.2) is 34.9 Å². The Balaban J connectivity index is 1.43. The molecule has 1 atom stereocenters. The SMILES string of the molecule is COC(=O)N1CCC(Nc2nccc(Nc3nc4ccc(Br)cc4s3)n2)C1. The van der Waals surface area contributed by atoms with Gasteiger partial charge in [0.25, 0.3) is 0 Å². The number of carbonyl (C=O) groups excluding carboxylic acids is 1. The van der Waals surface area contributed by atoms with Gasteiger partial charge in [0.1, 0.15) is 5.82 Å². The number of hydrogen-bond acceptors (Lipinski definition) is 8. The number of rotatable bonds is 4. The highest BCUT2D eigenvalue weighted by Gasteiger charge is 2.27. The average Bonchev–Trinajstić information content (AvgIpc) is 3.27. The molecule has 1 aliphatic rings. The maximum absolute atomic E-state index is 11.6. The third kappa shape index (κ3) is 4.11. The van der Waals surface area contributed by atoms with E-state index >= 15 is 0 Å². The van der Waals surface area contributed by atoms with Gasteiger partial charge in [-0.15, -0.1) is 0 Å². The highest BCUT2D eigenvalue weighted by Crippen LogP contribution is 2.30. The maximum atomic E-state index is 11.6. The van der Waals surface area contributed by atoms with E-state index in [0.717, 1.165) is 26.2 Å². The zero-order valence-corrected chi connectivity index (χ0v) is 16.9. The number of nitrogens with zero attached hydrogens (tertiary/aromatic N) is 4. The lowest BCUT2D eigenvalue weighted by atomic mass is 10.3. The maximum Gasteiger partial charge on any atom is 0.409 e. The number of carbonyl (C=O) groups is 1. The van der Waals surface area contributed by atoms with Crippen LogP contribution < -0.4 is 10.6 Å². The first-order valence-corrected chi connectivity index (χ1v) is 9.97. The number of amides is 1. The number of anilines is 3. The Morgan fingerprint density at radius 1 is 1.37 bits per heavy atom. The minimum Gasteiger partial charge on any atom is -0.453 e. The van der Waals surface area contributed by atoms with Gasteiger partial charge in [0.15, 0.2) is 5.13 Å². The fraction of sp³-hybridized carbons (Fsp3) is 0.294. The Morgan fingerprint density at radius 3 is 3.11 bits per heavy atom. The lowest BCUT2D eigenvalue weighted by molar-refractivity contribution is 0.132. The highest BCUT2D eigenvalue weighted by molar-refractivity contribution is 9.10. The molecule has 0 bridgehead atoms. The van der Waals surface area contributed by atoms with Crippen molar-refractivity contribution in [2.75, 3.05) is 30.8 Å². The molecule has 0 spiro atoms. The largest absolute Gasteiger partial charge is 0.453 e. The van der Waals surface area contributed by atoms with Gasteiger partial charge in [-0.25, -0.2) is 14.8 Å². The van der Waals surface area contributed by atoms with Gasteiger partial charge in [0.2, 0.25) is 5.95 Å². The molecule has 0 aliphatic carbocycles. The number of methoxy groups -OCH3 is 1. The summed E-state index contributed by atoms with van der Waals surface area (Å²) in [5, 5.41) is 7.27. The number of ether oxygens (including phenoxy) is 1. The molecule has 2 N–H and O–H groups in total. The number of benzene rings is 1. The van der Waals surface area contributed by atoms with E-state index in [2.05, 4.69) is 41.5 Å². The number of hydrogen-bond donors (Lipinski definition) is 2. The molecule has 140 valence electrons. The monoisotopic (exact) mass is 448 g/mol. The molecule has 1 unspecified atom stereocenters. The molecule has 1 fully saturated rings. The van der Waals surface area contributed by atoms with Crippen LogP contribution in [0, 0.1) is 0 Å². The van der Waals surface area contributed by atoms with E-state index in [1.54, 1.807) is 28.5 Å². The second-order valence-electron chi connectivity index (χ2n) is 6.07. The normalized spacial score (nSPS) is 16.5. The lowest BCUT2D eigenvalue weighted by Crippen LogP contribution is -2.31. The van der Waals surface area contributed by atoms with Crippen molar-refractivity contribution in [3.05, 3.63) is 34.9 Å². The van der Waals surface area contributed by atoms with E-state index < -0.39 is 0 Å². The topological polar surface area (TPSA) is 92.3 Å². The summed E-state index contributed by atoms with van der Waals surface area (Å²) in [6.07, 6.45) is 2.20. The van der Waals surface area contributed by atoms with Crippen LogP contribution in [0.2, 0.25) is 0 Å². The second kappa shape index (κ2) is 7.65. The molecular weight excluding hydrogens is 432 g/mol. The average molecular weight is 449 g/mol. The lowest BCUT2D eigenvalue weighted by Gasteiger charge is -2.15. The Morgan fingerprint density at radius 2 is 2.26 bits per heavy atom. The summed E-state index contributed by atoms with van der Waals surface area (Å²) >= 11 is 5.03. The molecular formula is C17H17BrN6O2S. The van der Waals surface area contributed by atoms with Crippen LogP contribution in [0.1, 0.15) is 6.42 Å². The molecule has 3 aromatic rings. The van der Waals surface area contributed by atoms with Gasteiger partial charge >= 0.3 is 6.09 Å². The minimum absolute atomic E-state index is 0.0964. The molecule has 27 heavy (non-hydrogen) atoms. The molecule has 0 radical (unpaired) electrons. The van der Waals surface area contributed by atoms with Gasteiger partial charge in [-0.1, -0.05) is 27.3 Å². The first-order chi connectivity index (χ1) is 13.1. The third-order valence-corrected chi connectivity index (χ3v) is 5.62. The van der Waals surface area contributed by atoms with Crippen molar-refractivity contribution in [2.24, 2.45) is 0 Å². The highest BCUT2D eigenvalue weighted by atomic mass is 79.9. The van der Waals surface area contributed by atoms with E-state index in [1.165, 1.54) is 7.11 Å². The molecule has 3 heterocycles. The van der Waals surface area contributed by atoms with Crippen LogP contribution in [0.5, 0.6) is 0 Å². The third-order valence-electron chi connectivity index (χ3n) is 4.20. The van der Waals surface area contributed by atoms with Crippen LogP contribution in [0.3, 0.4) is 0 Å². The number of halogens is 1. The van der Waals surface area contributed by atoms with Crippen LogP contribution >= 0.6 is 27.3 Å². The van der Waals surface area contributed by atoms with Crippen LogP contribution in [-0.2, 0) is 4.74 Å². The molecule has 4 rings (SSSR count). The molecule has 1 amide bonds. The van der Waals surface area contributed by atoms with E-state index in [-0.39, 0.29) is 12.1 Å². The van der Waals surface area contributed by atoms with Crippen molar-refractivity contribution in [3.63, 3.8) is 0 Å². The van der Waals surface area contributed by atoms with Gasteiger partial charge in [0, 0.05) is 29.8 Å². The molecule has 1 saturated heterocycles. The van der Waals surface area contributed by atoms with Gasteiger partial charge in [-0.05, 0) is 30.7 Å². The summed E-state index contributed by atoms with van der Waals surface area (Å²) in [4.78, 5) is 26.6.